The van der Waals surface area contributed by atoms with Crippen molar-refractivity contribution >= 4 is 46.5 Å². The third kappa shape index (κ3) is 4.43. The van der Waals surface area contributed by atoms with Gasteiger partial charge in [0, 0.05) is 0 Å². The van der Waals surface area contributed by atoms with E-state index in [-0.39, 0.29) is 28.3 Å². The van der Waals surface area contributed by atoms with Crippen molar-refractivity contribution in [2.45, 2.75) is 23.1 Å². The summed E-state index contributed by atoms with van der Waals surface area (Å²) in [5.74, 6) is -0.614. The number of thioether (sulfide) groups is 1. The Morgan fingerprint density at radius 2 is 1.68 bits per heavy atom. The molecule has 31 heavy (non-hydrogen) atoms. The summed E-state index contributed by atoms with van der Waals surface area (Å²) in [5, 5.41) is -0.0805. The van der Waals surface area contributed by atoms with Crippen LogP contribution in [0.1, 0.15) is 24.2 Å². The molecule has 0 N–H and O–H groups in total. The number of esters is 2. The number of fused-ring (bicyclic) bond motifs is 1. The molecule has 1 amide bonds. The van der Waals surface area contributed by atoms with E-state index >= 15 is 0 Å². The van der Waals surface area contributed by atoms with Gasteiger partial charge in [-0.2, -0.15) is 0 Å². The van der Waals surface area contributed by atoms with Crippen molar-refractivity contribution in [1.29, 1.82) is 0 Å². The van der Waals surface area contributed by atoms with E-state index in [4.69, 9.17) is 9.47 Å². The molecule has 1 saturated heterocycles. The summed E-state index contributed by atoms with van der Waals surface area (Å²) in [6.45, 7) is 1.28. The van der Waals surface area contributed by atoms with E-state index in [1.54, 1.807) is 11.8 Å². The number of rotatable bonds is 6. The number of nitrogens with zero attached hydrogens (tertiary/aromatic N) is 1. The Morgan fingerprint density at radius 3 is 2.23 bits per heavy atom. The van der Waals surface area contributed by atoms with Crippen LogP contribution in [0.25, 0.3) is 0 Å². The van der Waals surface area contributed by atoms with Gasteiger partial charge in [0.15, 0.2) is 0 Å². The molecule has 2 aliphatic rings. The van der Waals surface area contributed by atoms with Crippen LogP contribution in [0.3, 0.4) is 0 Å². The number of β-lactam (4-membered cyclic amide) rings is 1. The van der Waals surface area contributed by atoms with Crippen molar-refractivity contribution in [2.75, 3.05) is 12.4 Å². The quantitative estimate of drug-likeness (QED) is 0.346. The molecule has 2 aliphatic heterocycles. The first-order valence-electron chi connectivity index (χ1n) is 9.84. The zero-order valence-corrected chi connectivity index (χ0v) is 20.1. The fourth-order valence-electron chi connectivity index (χ4n) is 3.62. The standard InChI is InChI=1S/C23H22AsNO5S/c1-14(26)29-12-17-13-31-22-18(24)21(27)25(22)19(17)23(28)30-20(15-8-4-2-5-9-15)16-10-6-3-7-11-16/h2-11,18,20,22H,12-13,24H2,1H3/t18-,22+/m1/s1. The number of benzene rings is 2. The molecule has 2 heterocycles. The van der Waals surface area contributed by atoms with Gasteiger partial charge in [0.2, 0.25) is 0 Å². The van der Waals surface area contributed by atoms with E-state index in [2.05, 4.69) is 0 Å². The molecule has 0 aliphatic carbocycles. The second kappa shape index (κ2) is 9.33. The van der Waals surface area contributed by atoms with Gasteiger partial charge in [-0.05, 0) is 0 Å². The average molecular weight is 499 g/mol. The molecule has 2 aromatic rings. The molecule has 1 fully saturated rings. The second-order valence-corrected chi connectivity index (χ2v) is 9.89. The summed E-state index contributed by atoms with van der Waals surface area (Å²) in [4.78, 5) is 38.9. The molecule has 1 unspecified atom stereocenters. The van der Waals surface area contributed by atoms with E-state index < -0.39 is 18.0 Å². The maximum absolute atomic E-state index is 13.4. The van der Waals surface area contributed by atoms with Gasteiger partial charge in [-0.15, -0.1) is 0 Å². The van der Waals surface area contributed by atoms with Crippen LogP contribution < -0.4 is 0 Å². The maximum atomic E-state index is 13.4. The molecule has 0 bridgehead atoms. The number of carbonyl (C=O) groups is 3. The molecular weight excluding hydrogens is 477 g/mol. The van der Waals surface area contributed by atoms with E-state index in [1.807, 2.05) is 60.7 Å². The van der Waals surface area contributed by atoms with Gasteiger partial charge >= 0.3 is 194 Å². The first kappa shape index (κ1) is 21.7. The fourth-order valence-corrected chi connectivity index (χ4v) is 6.29. The summed E-state index contributed by atoms with van der Waals surface area (Å²) in [7, 11) is 0. The summed E-state index contributed by atoms with van der Waals surface area (Å²) >= 11 is 2.93. The van der Waals surface area contributed by atoms with Crippen LogP contribution in [0, 0.1) is 0 Å². The fraction of sp³-hybridized carbons (Fsp3) is 0.261. The van der Waals surface area contributed by atoms with Gasteiger partial charge in [-0.3, -0.25) is 0 Å². The van der Waals surface area contributed by atoms with Crippen LogP contribution in [-0.2, 0) is 23.9 Å². The summed E-state index contributed by atoms with van der Waals surface area (Å²) in [6.07, 6.45) is -0.622. The van der Waals surface area contributed by atoms with Crippen LogP contribution in [0.15, 0.2) is 71.9 Å². The first-order chi connectivity index (χ1) is 15.0. The molecule has 3 atom stereocenters. The Kier molecular flexibility index (Phi) is 6.54. The molecule has 6 nitrogen and oxygen atoms in total. The summed E-state index contributed by atoms with van der Waals surface area (Å²) in [6, 6.07) is 19.0. The van der Waals surface area contributed by atoms with Crippen LogP contribution in [-0.4, -0.2) is 57.3 Å². The number of carbonyl (C=O) groups excluding carboxylic acids is 3. The van der Waals surface area contributed by atoms with Gasteiger partial charge in [0.1, 0.15) is 0 Å². The summed E-state index contributed by atoms with van der Waals surface area (Å²) in [5.41, 5.74) is 2.46. The van der Waals surface area contributed by atoms with Gasteiger partial charge in [-0.25, -0.2) is 0 Å². The molecule has 0 radical (unpaired) electrons. The Morgan fingerprint density at radius 1 is 1.10 bits per heavy atom. The summed E-state index contributed by atoms with van der Waals surface area (Å²) < 4.78 is 11.1. The Balaban J connectivity index is 1.68. The Bertz CT molecular complexity index is 987. The van der Waals surface area contributed by atoms with Crippen molar-refractivity contribution in [3.05, 3.63) is 83.1 Å². The first-order valence-corrected chi connectivity index (χ1v) is 12.3. The van der Waals surface area contributed by atoms with Crippen molar-refractivity contribution < 1.29 is 23.9 Å². The third-order valence-electron chi connectivity index (χ3n) is 5.16. The predicted octanol–water partition coefficient (Wildman–Crippen LogP) is 2.47. The van der Waals surface area contributed by atoms with E-state index in [1.165, 1.54) is 28.7 Å². The average Bonchev–Trinajstić information content (AvgIpc) is 2.80. The van der Waals surface area contributed by atoms with Gasteiger partial charge < -0.3 is 0 Å². The third-order valence-corrected chi connectivity index (χ3v) is 8.47. The molecular formula is C23H22AsNO5S. The number of hydrogen-bond donors (Lipinski definition) is 0. The number of amides is 1. The zero-order chi connectivity index (χ0) is 22.0. The minimum atomic E-state index is -0.622. The van der Waals surface area contributed by atoms with Crippen molar-refractivity contribution in [3.63, 3.8) is 0 Å². The van der Waals surface area contributed by atoms with Gasteiger partial charge in [0.05, 0.1) is 0 Å². The molecule has 8 heteroatoms. The molecule has 2 aromatic carbocycles. The second-order valence-electron chi connectivity index (χ2n) is 7.27. The molecule has 160 valence electrons. The van der Waals surface area contributed by atoms with E-state index in [0.717, 1.165) is 11.1 Å². The SMILES string of the molecule is CC(=O)OCC1=C(C(=O)OC(c2ccccc2)c2ccccc2)N2C(=O)[C@@H]([AsH2])[C@@H]2SC1. The van der Waals surface area contributed by atoms with Crippen LogP contribution in [0.5, 0.6) is 0 Å². The number of ether oxygens (including phenoxy) is 2. The normalized spacial score (nSPS) is 20.2. The Hall–Kier alpha value is -2.50. The molecule has 0 saturated carbocycles. The topological polar surface area (TPSA) is 72.9 Å². The van der Waals surface area contributed by atoms with Crippen LogP contribution >= 0.6 is 11.8 Å². The Labute approximate surface area is 193 Å². The van der Waals surface area contributed by atoms with E-state index in [9.17, 15) is 14.4 Å². The zero-order valence-electron chi connectivity index (χ0n) is 16.9. The predicted molar refractivity (Wildman–Crippen MR) is 120 cm³/mol. The van der Waals surface area contributed by atoms with Gasteiger partial charge in [0.25, 0.3) is 0 Å². The van der Waals surface area contributed by atoms with Crippen molar-refractivity contribution in [3.8, 4) is 0 Å². The molecule has 0 aromatic heterocycles. The minimum absolute atomic E-state index is 0.0376. The molecule has 0 spiro atoms. The van der Waals surface area contributed by atoms with E-state index in [0.29, 0.717) is 11.3 Å². The van der Waals surface area contributed by atoms with Crippen LogP contribution in [0.4, 0.5) is 0 Å². The molecule has 4 rings (SSSR count). The van der Waals surface area contributed by atoms with Crippen molar-refractivity contribution in [1.82, 2.24) is 4.90 Å². The number of hydrogen-bond acceptors (Lipinski definition) is 6. The van der Waals surface area contributed by atoms with Crippen molar-refractivity contribution in [2.24, 2.45) is 0 Å². The monoisotopic (exact) mass is 499 g/mol. The van der Waals surface area contributed by atoms with Crippen LogP contribution in [0.2, 0.25) is 4.71 Å². The van der Waals surface area contributed by atoms with Gasteiger partial charge in [-0.1, -0.05) is 0 Å².